The predicted octanol–water partition coefficient (Wildman–Crippen LogP) is 2.12. The zero-order valence-electron chi connectivity index (χ0n) is 10.3. The van der Waals surface area contributed by atoms with Gasteiger partial charge in [-0.3, -0.25) is 4.57 Å². The van der Waals surface area contributed by atoms with Crippen LogP contribution in [0.15, 0.2) is 18.2 Å². The third-order valence-electron chi connectivity index (χ3n) is 2.64. The third kappa shape index (κ3) is 2.47. The molecule has 1 heterocycles. The van der Waals surface area contributed by atoms with Crippen LogP contribution in [-0.2, 0) is 13.2 Å². The molecule has 8 heteroatoms. The van der Waals surface area contributed by atoms with Crippen LogP contribution < -0.4 is 11.1 Å². The van der Waals surface area contributed by atoms with Crippen molar-refractivity contribution in [1.82, 2.24) is 14.8 Å². The largest absolute Gasteiger partial charge is 0.416 e. The molecule has 0 saturated carbocycles. The summed E-state index contributed by atoms with van der Waals surface area (Å²) in [4.78, 5) is 0. The second-order valence-electron chi connectivity index (χ2n) is 4.00. The number of anilines is 2. The summed E-state index contributed by atoms with van der Waals surface area (Å²) in [5.41, 5.74) is 5.00. The Morgan fingerprint density at radius 1 is 1.21 bits per heavy atom. The Bertz CT molecular complexity index is 603. The molecule has 2 aromatic rings. The zero-order valence-corrected chi connectivity index (χ0v) is 10.3. The summed E-state index contributed by atoms with van der Waals surface area (Å²) in [6.07, 6.45) is -4.45. The number of rotatable bonds is 2. The number of benzene rings is 1. The SMILES string of the molecule is CNc1nnc(-c2cc(N)cc(C(F)(F)F)c2)n1C. The topological polar surface area (TPSA) is 68.8 Å². The number of hydrogen-bond acceptors (Lipinski definition) is 4. The molecule has 0 aliphatic rings. The zero-order chi connectivity index (χ0) is 14.2. The van der Waals surface area contributed by atoms with E-state index in [4.69, 9.17) is 5.73 Å². The van der Waals surface area contributed by atoms with Crippen LogP contribution in [0, 0.1) is 0 Å². The molecule has 19 heavy (non-hydrogen) atoms. The quantitative estimate of drug-likeness (QED) is 0.821. The Kier molecular flexibility index (Phi) is 3.09. The number of alkyl halides is 3. The van der Waals surface area contributed by atoms with Gasteiger partial charge >= 0.3 is 6.18 Å². The molecular weight excluding hydrogens is 259 g/mol. The van der Waals surface area contributed by atoms with Crippen molar-refractivity contribution >= 4 is 11.6 Å². The van der Waals surface area contributed by atoms with Gasteiger partial charge in [0.25, 0.3) is 0 Å². The van der Waals surface area contributed by atoms with Crippen LogP contribution >= 0.6 is 0 Å². The molecule has 0 fully saturated rings. The van der Waals surface area contributed by atoms with Gasteiger partial charge in [0.1, 0.15) is 0 Å². The van der Waals surface area contributed by atoms with Gasteiger partial charge in [-0.05, 0) is 18.2 Å². The molecule has 0 radical (unpaired) electrons. The molecule has 5 nitrogen and oxygen atoms in total. The average molecular weight is 271 g/mol. The standard InChI is InChI=1S/C11H12F3N5/c1-16-10-18-17-9(19(10)2)6-3-7(11(12,13)14)5-8(15)4-6/h3-5H,15H2,1-2H3,(H,16,18). The summed E-state index contributed by atoms with van der Waals surface area (Å²) in [7, 11) is 3.30. The number of aromatic nitrogens is 3. The summed E-state index contributed by atoms with van der Waals surface area (Å²) in [5, 5.41) is 10.4. The van der Waals surface area contributed by atoms with Gasteiger partial charge in [-0.1, -0.05) is 0 Å². The second-order valence-corrected chi connectivity index (χ2v) is 4.00. The van der Waals surface area contributed by atoms with E-state index in [-0.39, 0.29) is 11.3 Å². The maximum absolute atomic E-state index is 12.7. The lowest BCUT2D eigenvalue weighted by Gasteiger charge is -2.10. The van der Waals surface area contributed by atoms with Gasteiger partial charge in [-0.15, -0.1) is 10.2 Å². The number of nitrogens with two attached hydrogens (primary N) is 1. The molecule has 3 N–H and O–H groups in total. The van der Waals surface area contributed by atoms with Gasteiger partial charge in [-0.25, -0.2) is 0 Å². The Hall–Kier alpha value is -2.25. The van der Waals surface area contributed by atoms with E-state index in [0.29, 0.717) is 11.8 Å². The Morgan fingerprint density at radius 3 is 2.42 bits per heavy atom. The monoisotopic (exact) mass is 271 g/mol. The Balaban J connectivity index is 2.56. The van der Waals surface area contributed by atoms with Crippen LogP contribution in [0.2, 0.25) is 0 Å². The van der Waals surface area contributed by atoms with Gasteiger partial charge in [-0.2, -0.15) is 13.2 Å². The van der Waals surface area contributed by atoms with Crippen LogP contribution in [-0.4, -0.2) is 21.8 Å². The van der Waals surface area contributed by atoms with Crippen molar-refractivity contribution in [3.63, 3.8) is 0 Å². The fourth-order valence-electron chi connectivity index (χ4n) is 1.74. The summed E-state index contributed by atoms with van der Waals surface area (Å²) in [5.74, 6) is 0.758. The van der Waals surface area contributed by atoms with Crippen molar-refractivity contribution < 1.29 is 13.2 Å². The molecule has 2 rings (SSSR count). The van der Waals surface area contributed by atoms with Crippen LogP contribution in [0.1, 0.15) is 5.56 Å². The highest BCUT2D eigenvalue weighted by Gasteiger charge is 2.31. The second kappa shape index (κ2) is 4.45. The maximum atomic E-state index is 12.7. The molecule has 1 aromatic heterocycles. The lowest BCUT2D eigenvalue weighted by Crippen LogP contribution is -2.07. The van der Waals surface area contributed by atoms with E-state index >= 15 is 0 Å². The highest BCUT2D eigenvalue weighted by Crippen LogP contribution is 2.33. The van der Waals surface area contributed by atoms with Gasteiger partial charge < -0.3 is 11.1 Å². The van der Waals surface area contributed by atoms with Gasteiger partial charge in [0.05, 0.1) is 5.56 Å². The smallest absolute Gasteiger partial charge is 0.399 e. The van der Waals surface area contributed by atoms with Crippen molar-refractivity contribution in [2.45, 2.75) is 6.18 Å². The fraction of sp³-hybridized carbons (Fsp3) is 0.273. The fourth-order valence-corrected chi connectivity index (χ4v) is 1.74. The molecular formula is C11H12F3N5. The van der Waals surface area contributed by atoms with E-state index in [0.717, 1.165) is 12.1 Å². The summed E-state index contributed by atoms with van der Waals surface area (Å²) in [6.45, 7) is 0. The molecule has 0 aliphatic carbocycles. The molecule has 0 unspecified atom stereocenters. The first-order valence-electron chi connectivity index (χ1n) is 5.38. The number of halogens is 3. The molecule has 102 valence electrons. The number of hydrogen-bond donors (Lipinski definition) is 2. The summed E-state index contributed by atoms with van der Waals surface area (Å²) < 4.78 is 39.7. The van der Waals surface area contributed by atoms with E-state index in [1.807, 2.05) is 0 Å². The van der Waals surface area contributed by atoms with Crippen molar-refractivity contribution in [3.05, 3.63) is 23.8 Å². The van der Waals surface area contributed by atoms with Crippen molar-refractivity contribution in [2.24, 2.45) is 7.05 Å². The maximum Gasteiger partial charge on any atom is 0.416 e. The van der Waals surface area contributed by atoms with Crippen LogP contribution in [0.3, 0.4) is 0 Å². The molecule has 0 bridgehead atoms. The van der Waals surface area contributed by atoms with E-state index in [1.165, 1.54) is 6.07 Å². The van der Waals surface area contributed by atoms with Gasteiger partial charge in [0.2, 0.25) is 5.95 Å². The first-order valence-corrected chi connectivity index (χ1v) is 5.38. The summed E-state index contributed by atoms with van der Waals surface area (Å²) in [6, 6.07) is 3.32. The molecule has 0 aliphatic heterocycles. The molecule has 0 spiro atoms. The van der Waals surface area contributed by atoms with Crippen LogP contribution in [0.5, 0.6) is 0 Å². The van der Waals surface area contributed by atoms with Crippen molar-refractivity contribution in [2.75, 3.05) is 18.1 Å². The van der Waals surface area contributed by atoms with E-state index in [1.54, 1.807) is 18.7 Å². The molecule has 0 amide bonds. The molecule has 0 atom stereocenters. The number of nitrogen functional groups attached to an aromatic ring is 1. The number of nitrogens with one attached hydrogen (secondary N) is 1. The Morgan fingerprint density at radius 2 is 1.89 bits per heavy atom. The first kappa shape index (κ1) is 13.2. The van der Waals surface area contributed by atoms with E-state index < -0.39 is 11.7 Å². The normalized spacial score (nSPS) is 11.6. The van der Waals surface area contributed by atoms with Crippen LogP contribution in [0.4, 0.5) is 24.8 Å². The minimum atomic E-state index is -4.45. The van der Waals surface area contributed by atoms with Crippen molar-refractivity contribution in [3.8, 4) is 11.4 Å². The Labute approximate surface area is 107 Å². The van der Waals surface area contributed by atoms with Crippen molar-refractivity contribution in [1.29, 1.82) is 0 Å². The van der Waals surface area contributed by atoms with E-state index in [2.05, 4.69) is 15.5 Å². The first-order chi connectivity index (χ1) is 8.82. The van der Waals surface area contributed by atoms with Gasteiger partial charge in [0, 0.05) is 25.3 Å². The van der Waals surface area contributed by atoms with E-state index in [9.17, 15) is 13.2 Å². The minimum absolute atomic E-state index is 0.0267. The van der Waals surface area contributed by atoms with Crippen LogP contribution in [0.25, 0.3) is 11.4 Å². The highest BCUT2D eigenvalue weighted by molar-refractivity contribution is 5.64. The minimum Gasteiger partial charge on any atom is -0.399 e. The average Bonchev–Trinajstić information content (AvgIpc) is 2.68. The number of nitrogens with zero attached hydrogens (tertiary/aromatic N) is 3. The summed E-state index contributed by atoms with van der Waals surface area (Å²) >= 11 is 0. The third-order valence-corrected chi connectivity index (χ3v) is 2.64. The molecule has 1 aromatic carbocycles. The van der Waals surface area contributed by atoms with Gasteiger partial charge in [0.15, 0.2) is 5.82 Å². The lowest BCUT2D eigenvalue weighted by molar-refractivity contribution is -0.137. The lowest BCUT2D eigenvalue weighted by atomic mass is 10.1. The predicted molar refractivity (Wildman–Crippen MR) is 65.4 cm³/mol. The molecule has 0 saturated heterocycles. The highest BCUT2D eigenvalue weighted by atomic mass is 19.4.